The van der Waals surface area contributed by atoms with Crippen LogP contribution in [0.5, 0.6) is 0 Å². The lowest BCUT2D eigenvalue weighted by molar-refractivity contribution is -0.125. The molecule has 3 aliphatic rings. The lowest BCUT2D eigenvalue weighted by atomic mass is 9.76. The summed E-state index contributed by atoms with van der Waals surface area (Å²) >= 11 is 0. The Labute approximate surface area is 95.9 Å². The number of carbonyl (C=O) groups is 1. The van der Waals surface area contributed by atoms with Gasteiger partial charge in [-0.1, -0.05) is 19.8 Å². The molecule has 2 unspecified atom stereocenters. The summed E-state index contributed by atoms with van der Waals surface area (Å²) in [4.78, 5) is 16.5. The van der Waals surface area contributed by atoms with Gasteiger partial charge >= 0.3 is 0 Å². The first-order valence-electron chi connectivity index (χ1n) is 6.35. The van der Waals surface area contributed by atoms with Crippen molar-refractivity contribution in [2.45, 2.75) is 57.0 Å². The van der Waals surface area contributed by atoms with Gasteiger partial charge in [-0.3, -0.25) is 10.1 Å². The molecule has 2 aliphatic carbocycles. The summed E-state index contributed by atoms with van der Waals surface area (Å²) in [5.74, 6) is 1.49. The molecule has 0 aromatic carbocycles. The average molecular weight is 221 g/mol. The van der Waals surface area contributed by atoms with Crippen molar-refractivity contribution in [2.24, 2.45) is 10.9 Å². The van der Waals surface area contributed by atoms with E-state index in [-0.39, 0.29) is 11.4 Å². The maximum Gasteiger partial charge on any atom is 0.252 e. The van der Waals surface area contributed by atoms with Crippen LogP contribution in [0, 0.1) is 5.92 Å². The summed E-state index contributed by atoms with van der Waals surface area (Å²) in [6.45, 7) is 2.23. The molecule has 2 saturated carbocycles. The Morgan fingerprint density at radius 3 is 2.88 bits per heavy atom. The molecule has 4 heteroatoms. The molecule has 3 fully saturated rings. The maximum absolute atomic E-state index is 12.1. The number of hydrogen-bond acceptors (Lipinski definition) is 2. The fourth-order valence-corrected chi connectivity index (χ4v) is 2.86. The van der Waals surface area contributed by atoms with E-state index in [0.29, 0.717) is 12.0 Å². The molecule has 1 amide bonds. The SMILES string of the molecule is CC1CCCC2(C1)NC(=NC1CC1)NC2=O. The Morgan fingerprint density at radius 1 is 1.38 bits per heavy atom. The second-order valence-electron chi connectivity index (χ2n) is 5.57. The first-order chi connectivity index (χ1) is 7.68. The Balaban J connectivity index is 1.77. The normalized spacial score (nSPS) is 41.2. The van der Waals surface area contributed by atoms with Gasteiger partial charge in [0.2, 0.25) is 0 Å². The summed E-state index contributed by atoms with van der Waals surface area (Å²) in [5, 5.41) is 6.25. The summed E-state index contributed by atoms with van der Waals surface area (Å²) in [7, 11) is 0. The Bertz CT molecular complexity index is 348. The lowest BCUT2D eigenvalue weighted by Gasteiger charge is -2.34. The van der Waals surface area contributed by atoms with Gasteiger partial charge in [-0.25, -0.2) is 4.99 Å². The molecular weight excluding hydrogens is 202 g/mol. The molecule has 4 nitrogen and oxygen atoms in total. The molecule has 1 saturated heterocycles. The summed E-state index contributed by atoms with van der Waals surface area (Å²) in [6.07, 6.45) is 6.62. The monoisotopic (exact) mass is 221 g/mol. The third-order valence-corrected chi connectivity index (χ3v) is 3.88. The largest absolute Gasteiger partial charge is 0.342 e. The van der Waals surface area contributed by atoms with Gasteiger partial charge in [0, 0.05) is 0 Å². The van der Waals surface area contributed by atoms with Gasteiger partial charge in [0.25, 0.3) is 5.91 Å². The van der Waals surface area contributed by atoms with Gasteiger partial charge in [-0.05, 0) is 31.6 Å². The highest BCUT2D eigenvalue weighted by Crippen LogP contribution is 2.34. The van der Waals surface area contributed by atoms with Crippen LogP contribution < -0.4 is 10.6 Å². The predicted octanol–water partition coefficient (Wildman–Crippen LogP) is 1.17. The first kappa shape index (κ1) is 10.1. The maximum atomic E-state index is 12.1. The van der Waals surface area contributed by atoms with E-state index in [1.54, 1.807) is 0 Å². The van der Waals surface area contributed by atoms with Crippen LogP contribution in [0.3, 0.4) is 0 Å². The topological polar surface area (TPSA) is 53.5 Å². The Morgan fingerprint density at radius 2 is 2.19 bits per heavy atom. The molecule has 1 spiro atoms. The fourth-order valence-electron chi connectivity index (χ4n) is 2.86. The zero-order chi connectivity index (χ0) is 11.2. The molecule has 2 atom stereocenters. The van der Waals surface area contributed by atoms with Crippen molar-refractivity contribution in [1.29, 1.82) is 0 Å². The highest BCUT2D eigenvalue weighted by molar-refractivity contribution is 6.09. The molecule has 16 heavy (non-hydrogen) atoms. The molecule has 1 heterocycles. The first-order valence-corrected chi connectivity index (χ1v) is 6.35. The molecule has 2 N–H and O–H groups in total. The van der Waals surface area contributed by atoms with E-state index in [1.165, 1.54) is 19.3 Å². The van der Waals surface area contributed by atoms with Gasteiger partial charge in [-0.15, -0.1) is 0 Å². The number of rotatable bonds is 1. The molecule has 0 bridgehead atoms. The standard InChI is InChI=1S/C12H19N3O/c1-8-3-2-6-12(7-8)10(16)14-11(15-12)13-9-4-5-9/h8-9H,2-7H2,1H3,(H2,13,14,15,16). The Kier molecular flexibility index (Phi) is 2.19. The number of aliphatic imine (C=N–C) groups is 1. The third kappa shape index (κ3) is 1.70. The van der Waals surface area contributed by atoms with Gasteiger partial charge in [0.05, 0.1) is 6.04 Å². The average Bonchev–Trinajstić information content (AvgIpc) is 2.96. The van der Waals surface area contributed by atoms with Crippen LogP contribution in [-0.2, 0) is 4.79 Å². The van der Waals surface area contributed by atoms with Gasteiger partial charge in [-0.2, -0.15) is 0 Å². The van der Waals surface area contributed by atoms with Crippen molar-refractivity contribution in [1.82, 2.24) is 10.6 Å². The molecule has 88 valence electrons. The number of nitrogens with zero attached hydrogens (tertiary/aromatic N) is 1. The van der Waals surface area contributed by atoms with E-state index < -0.39 is 0 Å². The van der Waals surface area contributed by atoms with Crippen molar-refractivity contribution in [2.75, 3.05) is 0 Å². The van der Waals surface area contributed by atoms with Crippen molar-refractivity contribution < 1.29 is 4.79 Å². The fraction of sp³-hybridized carbons (Fsp3) is 0.833. The minimum absolute atomic E-state index is 0.137. The van der Waals surface area contributed by atoms with Gasteiger partial charge < -0.3 is 5.32 Å². The van der Waals surface area contributed by atoms with Crippen LogP contribution in [0.1, 0.15) is 45.4 Å². The Hall–Kier alpha value is -1.06. The van der Waals surface area contributed by atoms with E-state index in [1.807, 2.05) is 0 Å². The summed E-state index contributed by atoms with van der Waals surface area (Å²) in [5.41, 5.74) is -0.342. The molecule has 0 aromatic rings. The minimum Gasteiger partial charge on any atom is -0.342 e. The predicted molar refractivity (Wildman–Crippen MR) is 62.1 cm³/mol. The quantitative estimate of drug-likeness (QED) is 0.698. The second-order valence-corrected chi connectivity index (χ2v) is 5.57. The van der Waals surface area contributed by atoms with Crippen LogP contribution in [0.2, 0.25) is 0 Å². The second kappa shape index (κ2) is 3.47. The highest BCUT2D eigenvalue weighted by Gasteiger charge is 2.47. The lowest BCUT2D eigenvalue weighted by Crippen LogP contribution is -2.50. The molecule has 0 aromatic heterocycles. The number of amides is 1. The smallest absolute Gasteiger partial charge is 0.252 e. The summed E-state index contributed by atoms with van der Waals surface area (Å²) in [6, 6.07) is 0.457. The van der Waals surface area contributed by atoms with Crippen LogP contribution in [0.15, 0.2) is 4.99 Å². The van der Waals surface area contributed by atoms with Crippen molar-refractivity contribution >= 4 is 11.9 Å². The van der Waals surface area contributed by atoms with Crippen molar-refractivity contribution in [3.05, 3.63) is 0 Å². The molecule has 0 radical (unpaired) electrons. The zero-order valence-corrected chi connectivity index (χ0v) is 9.75. The van der Waals surface area contributed by atoms with E-state index in [9.17, 15) is 4.79 Å². The van der Waals surface area contributed by atoms with Crippen LogP contribution >= 0.6 is 0 Å². The highest BCUT2D eigenvalue weighted by atomic mass is 16.2. The zero-order valence-electron chi connectivity index (χ0n) is 9.75. The number of guanidine groups is 1. The van der Waals surface area contributed by atoms with E-state index in [4.69, 9.17) is 0 Å². The van der Waals surface area contributed by atoms with Crippen LogP contribution in [0.25, 0.3) is 0 Å². The van der Waals surface area contributed by atoms with E-state index in [0.717, 1.165) is 25.2 Å². The summed E-state index contributed by atoms with van der Waals surface area (Å²) < 4.78 is 0. The third-order valence-electron chi connectivity index (χ3n) is 3.88. The van der Waals surface area contributed by atoms with Crippen LogP contribution in [-0.4, -0.2) is 23.4 Å². The molecule has 3 rings (SSSR count). The number of hydrogen-bond donors (Lipinski definition) is 2. The van der Waals surface area contributed by atoms with Gasteiger partial charge in [0.1, 0.15) is 5.54 Å². The molecule has 1 aliphatic heterocycles. The van der Waals surface area contributed by atoms with E-state index in [2.05, 4.69) is 22.5 Å². The number of carbonyl (C=O) groups excluding carboxylic acids is 1. The van der Waals surface area contributed by atoms with Crippen molar-refractivity contribution in [3.8, 4) is 0 Å². The number of nitrogens with one attached hydrogen (secondary N) is 2. The molecular formula is C12H19N3O. The minimum atomic E-state index is -0.342. The van der Waals surface area contributed by atoms with Crippen molar-refractivity contribution in [3.63, 3.8) is 0 Å². The van der Waals surface area contributed by atoms with E-state index >= 15 is 0 Å². The van der Waals surface area contributed by atoms with Crippen LogP contribution in [0.4, 0.5) is 0 Å². The van der Waals surface area contributed by atoms with Gasteiger partial charge in [0.15, 0.2) is 5.96 Å².